The van der Waals surface area contributed by atoms with Gasteiger partial charge in [-0.3, -0.25) is 9.78 Å². The van der Waals surface area contributed by atoms with Crippen molar-refractivity contribution in [1.29, 1.82) is 0 Å². The van der Waals surface area contributed by atoms with Crippen molar-refractivity contribution in [2.45, 2.75) is 90.7 Å². The van der Waals surface area contributed by atoms with Gasteiger partial charge in [-0.15, -0.1) is 0 Å². The van der Waals surface area contributed by atoms with Gasteiger partial charge in [0.25, 0.3) is 15.9 Å². The molecule has 2 aliphatic heterocycles. The summed E-state index contributed by atoms with van der Waals surface area (Å²) in [6, 6.07) is 13.8. The first kappa shape index (κ1) is 34.3. The normalized spacial score (nSPS) is 19.1. The number of nitrogens with one attached hydrogen (secondary N) is 1. The second kappa shape index (κ2) is 13.7. The second-order valence-corrected chi connectivity index (χ2v) is 15.9. The van der Waals surface area contributed by atoms with Gasteiger partial charge in [0, 0.05) is 29.8 Å². The van der Waals surface area contributed by atoms with Crippen LogP contribution >= 0.6 is 0 Å². The number of aryl methyl sites for hydroxylation is 2. The Bertz CT molecular complexity index is 1940. The summed E-state index contributed by atoms with van der Waals surface area (Å²) in [5.41, 5.74) is 4.23. The van der Waals surface area contributed by atoms with Crippen LogP contribution in [-0.4, -0.2) is 64.4 Å². The summed E-state index contributed by atoms with van der Waals surface area (Å²) in [6.07, 6.45) is 7.04. The molecule has 2 aromatic heterocycles. The van der Waals surface area contributed by atoms with Crippen LogP contribution < -0.4 is 14.4 Å². The Morgan fingerprint density at radius 3 is 2.43 bits per heavy atom. The summed E-state index contributed by atoms with van der Waals surface area (Å²) in [4.78, 5) is 37.0. The molecule has 1 N–H and O–H groups in total. The van der Waals surface area contributed by atoms with Crippen LogP contribution in [0.15, 0.2) is 65.8 Å². The van der Waals surface area contributed by atoms with Crippen molar-refractivity contribution in [1.82, 2.24) is 24.8 Å². The van der Waals surface area contributed by atoms with Crippen LogP contribution in [-0.2, 0) is 16.6 Å². The highest BCUT2D eigenvalue weighted by atomic mass is 32.2. The SMILES string of the molecule is CC[C@H]1CCN1c1cncc(CN2C(=O)c3cccc(c3)S(=O)(=O)Nc3nc(cc(-c4c(C)cccc4C)n3)OC[C@H]2CCC(C)(C)C)n1. The second-order valence-electron chi connectivity index (χ2n) is 14.2. The van der Waals surface area contributed by atoms with Gasteiger partial charge in [-0.25, -0.2) is 23.1 Å². The average Bonchev–Trinajstić information content (AvgIpc) is 3.03. The molecular weight excluding hydrogens is 639 g/mol. The van der Waals surface area contributed by atoms with Crippen LogP contribution in [0.4, 0.5) is 11.8 Å². The van der Waals surface area contributed by atoms with Crippen LogP contribution in [0.25, 0.3) is 11.3 Å². The molecule has 4 heterocycles. The topological polar surface area (TPSA) is 131 Å². The molecule has 2 aromatic carbocycles. The molecule has 11 nitrogen and oxygen atoms in total. The molecule has 4 bridgehead atoms. The number of nitrogens with zero attached hydrogens (tertiary/aromatic N) is 6. The largest absolute Gasteiger partial charge is 0.475 e. The fraction of sp³-hybridized carbons (Fsp3) is 0.432. The minimum atomic E-state index is -4.17. The number of ether oxygens (including phenoxy) is 1. The molecule has 1 fully saturated rings. The van der Waals surface area contributed by atoms with Crippen LogP contribution in [0.2, 0.25) is 0 Å². The summed E-state index contributed by atoms with van der Waals surface area (Å²) in [5, 5.41) is 0. The minimum Gasteiger partial charge on any atom is -0.475 e. The van der Waals surface area contributed by atoms with E-state index < -0.39 is 16.1 Å². The zero-order valence-corrected chi connectivity index (χ0v) is 29.9. The average molecular weight is 684 g/mol. The Balaban J connectivity index is 1.46. The first-order valence-electron chi connectivity index (χ1n) is 16.9. The van der Waals surface area contributed by atoms with Gasteiger partial charge in [-0.05, 0) is 74.3 Å². The molecule has 12 heteroatoms. The lowest BCUT2D eigenvalue weighted by Gasteiger charge is -2.41. The standard InChI is InChI=1S/C37H45N7O4S/c1-7-28-15-17-43(28)32-21-38-20-27(39-32)22-44-29(14-16-37(4,5)6)23-48-33-19-31(34-24(2)10-8-11-25(34)3)40-36(41-33)42-49(46,47)30-13-9-12-26(18-30)35(44)45/h8-13,18-21,28-29H,7,14-17,22-23H2,1-6H3,(H,40,41,42)/t28-,29+/m0/s1. The third-order valence-corrected chi connectivity index (χ3v) is 10.6. The number of hydrogen-bond donors (Lipinski definition) is 1. The van der Waals surface area contributed by atoms with E-state index in [4.69, 9.17) is 9.72 Å². The summed E-state index contributed by atoms with van der Waals surface area (Å²) < 4.78 is 36.4. The molecule has 0 radical (unpaired) electrons. The van der Waals surface area contributed by atoms with Gasteiger partial charge in [0.15, 0.2) is 0 Å². The van der Waals surface area contributed by atoms with Crippen molar-refractivity contribution in [2.75, 3.05) is 22.8 Å². The van der Waals surface area contributed by atoms with E-state index in [2.05, 4.69) is 52.3 Å². The molecule has 0 spiro atoms. The lowest BCUT2D eigenvalue weighted by molar-refractivity contribution is 0.0549. The van der Waals surface area contributed by atoms with Crippen molar-refractivity contribution in [3.63, 3.8) is 0 Å². The molecular formula is C37H45N7O4S. The van der Waals surface area contributed by atoms with Gasteiger partial charge < -0.3 is 14.5 Å². The van der Waals surface area contributed by atoms with E-state index >= 15 is 0 Å². The van der Waals surface area contributed by atoms with Gasteiger partial charge in [-0.1, -0.05) is 52.0 Å². The Kier molecular flexibility index (Phi) is 9.61. The number of benzene rings is 2. The number of amides is 1. The number of aromatic nitrogens is 4. The molecule has 49 heavy (non-hydrogen) atoms. The Hall–Kier alpha value is -4.58. The summed E-state index contributed by atoms with van der Waals surface area (Å²) in [6.45, 7) is 13.8. The first-order chi connectivity index (χ1) is 23.3. The molecule has 0 unspecified atom stereocenters. The molecule has 0 saturated carbocycles. The number of hydrogen-bond acceptors (Lipinski definition) is 9. The molecule has 6 rings (SSSR count). The van der Waals surface area contributed by atoms with Crippen LogP contribution in [0.5, 0.6) is 5.88 Å². The van der Waals surface area contributed by atoms with Crippen molar-refractivity contribution in [2.24, 2.45) is 5.41 Å². The maximum Gasteiger partial charge on any atom is 0.264 e. The minimum absolute atomic E-state index is 0.0161. The highest BCUT2D eigenvalue weighted by Gasteiger charge is 2.32. The van der Waals surface area contributed by atoms with E-state index in [0.29, 0.717) is 23.9 Å². The van der Waals surface area contributed by atoms with E-state index in [-0.39, 0.29) is 46.8 Å². The number of rotatable bonds is 7. The summed E-state index contributed by atoms with van der Waals surface area (Å²) >= 11 is 0. The van der Waals surface area contributed by atoms with Crippen molar-refractivity contribution >= 4 is 27.7 Å². The van der Waals surface area contributed by atoms with Gasteiger partial charge >= 0.3 is 0 Å². The molecule has 4 aromatic rings. The number of carbonyl (C=O) groups excluding carboxylic acids is 1. The monoisotopic (exact) mass is 683 g/mol. The molecule has 258 valence electrons. The van der Waals surface area contributed by atoms with E-state index in [1.165, 1.54) is 12.1 Å². The van der Waals surface area contributed by atoms with Crippen LogP contribution in [0.1, 0.15) is 80.6 Å². The fourth-order valence-corrected chi connectivity index (χ4v) is 7.45. The lowest BCUT2D eigenvalue weighted by atomic mass is 9.88. The highest BCUT2D eigenvalue weighted by Crippen LogP contribution is 2.32. The summed E-state index contributed by atoms with van der Waals surface area (Å²) in [7, 11) is -4.17. The zero-order valence-electron chi connectivity index (χ0n) is 29.1. The molecule has 2 aliphatic rings. The van der Waals surface area contributed by atoms with Gasteiger partial charge in [0.1, 0.15) is 12.4 Å². The number of fused-ring (bicyclic) bond motifs is 4. The van der Waals surface area contributed by atoms with Crippen LogP contribution in [0, 0.1) is 19.3 Å². The Labute approximate surface area is 289 Å². The van der Waals surface area contributed by atoms with Crippen molar-refractivity contribution in [3.8, 4) is 17.1 Å². The fourth-order valence-electron chi connectivity index (χ4n) is 6.46. The molecule has 2 atom stereocenters. The van der Waals surface area contributed by atoms with Gasteiger partial charge in [-0.2, -0.15) is 4.98 Å². The summed E-state index contributed by atoms with van der Waals surface area (Å²) in [5.74, 6) is 0.561. The van der Waals surface area contributed by atoms with Crippen LogP contribution in [0.3, 0.4) is 0 Å². The predicted octanol–water partition coefficient (Wildman–Crippen LogP) is 6.57. The Morgan fingerprint density at radius 2 is 1.73 bits per heavy atom. The van der Waals surface area contributed by atoms with Crippen molar-refractivity contribution < 1.29 is 17.9 Å². The number of sulfonamides is 1. The van der Waals surface area contributed by atoms with E-state index in [0.717, 1.165) is 48.3 Å². The van der Waals surface area contributed by atoms with Gasteiger partial charge in [0.2, 0.25) is 11.8 Å². The molecule has 1 amide bonds. The zero-order chi connectivity index (χ0) is 34.9. The predicted molar refractivity (Wildman–Crippen MR) is 190 cm³/mol. The maximum atomic E-state index is 14.5. The number of anilines is 2. The third-order valence-electron chi connectivity index (χ3n) is 9.32. The Morgan fingerprint density at radius 1 is 0.980 bits per heavy atom. The molecule has 0 aliphatic carbocycles. The van der Waals surface area contributed by atoms with Gasteiger partial charge in [0.05, 0.1) is 41.3 Å². The quantitative estimate of drug-likeness (QED) is 0.230. The molecule has 1 saturated heterocycles. The number of carbonyl (C=O) groups is 1. The van der Waals surface area contributed by atoms with E-state index in [1.807, 2.05) is 32.0 Å². The maximum absolute atomic E-state index is 14.5. The first-order valence-corrected chi connectivity index (χ1v) is 18.4. The smallest absolute Gasteiger partial charge is 0.264 e. The highest BCUT2D eigenvalue weighted by molar-refractivity contribution is 7.92. The van der Waals surface area contributed by atoms with E-state index in [1.54, 1.807) is 35.5 Å². The third kappa shape index (κ3) is 7.69. The van der Waals surface area contributed by atoms with Crippen molar-refractivity contribution in [3.05, 3.63) is 83.3 Å². The van der Waals surface area contributed by atoms with E-state index in [9.17, 15) is 13.2 Å². The lowest BCUT2D eigenvalue weighted by Crippen LogP contribution is -2.48.